The molecule has 4 nitrogen and oxygen atoms in total. The molecule has 1 aliphatic rings. The number of aliphatic hydroxyl groups excluding tert-OH is 2. The second-order valence-electron chi connectivity index (χ2n) is 4.49. The van der Waals surface area contributed by atoms with E-state index in [1.807, 2.05) is 0 Å². The fourth-order valence-corrected chi connectivity index (χ4v) is 1.77. The Kier molecular flexibility index (Phi) is 12.0. The molecule has 18 heavy (non-hydrogen) atoms. The fourth-order valence-electron chi connectivity index (χ4n) is 1.77. The zero-order chi connectivity index (χ0) is 13.6. The molecule has 1 amide bonds. The summed E-state index contributed by atoms with van der Waals surface area (Å²) in [5.41, 5.74) is 0. The van der Waals surface area contributed by atoms with Gasteiger partial charge in [0.25, 0.3) is 0 Å². The molecule has 0 aromatic rings. The van der Waals surface area contributed by atoms with Gasteiger partial charge in [-0.3, -0.25) is 4.79 Å². The molecule has 106 valence electrons. The van der Waals surface area contributed by atoms with E-state index in [1.54, 1.807) is 6.08 Å². The average molecular weight is 257 g/mol. The van der Waals surface area contributed by atoms with E-state index in [0.29, 0.717) is 0 Å². The van der Waals surface area contributed by atoms with E-state index in [0.717, 1.165) is 51.5 Å². The van der Waals surface area contributed by atoms with Gasteiger partial charge in [-0.25, -0.2) is 0 Å². The van der Waals surface area contributed by atoms with Gasteiger partial charge in [-0.2, -0.15) is 0 Å². The van der Waals surface area contributed by atoms with Crippen molar-refractivity contribution >= 4 is 5.91 Å². The predicted octanol–water partition coefficient (Wildman–Crippen LogP) is 1.62. The molecular weight excluding hydrogens is 230 g/mol. The van der Waals surface area contributed by atoms with Crippen LogP contribution >= 0.6 is 0 Å². The van der Waals surface area contributed by atoms with Crippen molar-refractivity contribution in [2.45, 2.75) is 44.9 Å². The monoisotopic (exact) mass is 257 g/mol. The third-order valence-corrected chi connectivity index (χ3v) is 2.93. The predicted molar refractivity (Wildman–Crippen MR) is 73.2 cm³/mol. The summed E-state index contributed by atoms with van der Waals surface area (Å²) in [6.45, 7) is 5.02. The fraction of sp³-hybridized carbons (Fsp3) is 0.786. The Morgan fingerprint density at radius 1 is 1.17 bits per heavy atom. The first-order valence-corrected chi connectivity index (χ1v) is 6.88. The highest BCUT2D eigenvalue weighted by atomic mass is 16.3. The van der Waals surface area contributed by atoms with E-state index in [2.05, 4.69) is 11.9 Å². The summed E-state index contributed by atoms with van der Waals surface area (Å²) in [4.78, 5) is 11.1. The molecule has 0 saturated carbocycles. The van der Waals surface area contributed by atoms with Crippen LogP contribution in [0.15, 0.2) is 12.7 Å². The number of amides is 1. The molecule has 1 heterocycles. The first-order chi connectivity index (χ1) is 8.76. The van der Waals surface area contributed by atoms with Gasteiger partial charge < -0.3 is 15.5 Å². The third-order valence-electron chi connectivity index (χ3n) is 2.93. The lowest BCUT2D eigenvalue weighted by Crippen LogP contribution is -2.27. The van der Waals surface area contributed by atoms with E-state index in [9.17, 15) is 4.79 Å². The molecule has 1 atom stereocenters. The average Bonchev–Trinajstić information content (AvgIpc) is 2.60. The van der Waals surface area contributed by atoms with Crippen molar-refractivity contribution in [3.05, 3.63) is 12.7 Å². The summed E-state index contributed by atoms with van der Waals surface area (Å²) in [5.74, 6) is 0.204. The molecule has 1 saturated heterocycles. The zero-order valence-corrected chi connectivity index (χ0v) is 11.2. The van der Waals surface area contributed by atoms with Gasteiger partial charge in [-0.1, -0.05) is 25.3 Å². The molecule has 0 aromatic heterocycles. The lowest BCUT2D eigenvalue weighted by molar-refractivity contribution is -0.123. The summed E-state index contributed by atoms with van der Waals surface area (Å²) in [6, 6.07) is 0. The lowest BCUT2D eigenvalue weighted by Gasteiger charge is -2.05. The first-order valence-electron chi connectivity index (χ1n) is 6.88. The second-order valence-corrected chi connectivity index (χ2v) is 4.49. The molecule has 0 bridgehead atoms. The molecule has 1 aliphatic heterocycles. The van der Waals surface area contributed by atoms with Crippen molar-refractivity contribution in [3.8, 4) is 0 Å². The SMILES string of the molecule is C=CC1CCCCNC1=O.OCCCCCCO. The lowest BCUT2D eigenvalue weighted by atomic mass is 10.0. The van der Waals surface area contributed by atoms with Gasteiger partial charge in [-0.05, 0) is 25.7 Å². The summed E-state index contributed by atoms with van der Waals surface area (Å²) in [7, 11) is 0. The molecule has 3 N–H and O–H groups in total. The number of unbranched alkanes of at least 4 members (excludes halogenated alkanes) is 3. The molecule has 1 unspecified atom stereocenters. The molecular formula is C14H27NO3. The second kappa shape index (κ2) is 12.6. The quantitative estimate of drug-likeness (QED) is 0.500. The van der Waals surface area contributed by atoms with E-state index in [4.69, 9.17) is 10.2 Å². The van der Waals surface area contributed by atoms with Crippen LogP contribution in [0.2, 0.25) is 0 Å². The van der Waals surface area contributed by atoms with Crippen LogP contribution < -0.4 is 5.32 Å². The minimum Gasteiger partial charge on any atom is -0.396 e. The number of carbonyl (C=O) groups excluding carboxylic acids is 1. The van der Waals surface area contributed by atoms with Crippen LogP contribution in [0, 0.1) is 5.92 Å². The van der Waals surface area contributed by atoms with E-state index < -0.39 is 0 Å². The van der Waals surface area contributed by atoms with Gasteiger partial charge in [0.05, 0.1) is 5.92 Å². The minimum absolute atomic E-state index is 0.0579. The number of rotatable bonds is 6. The number of aliphatic hydroxyl groups is 2. The van der Waals surface area contributed by atoms with Crippen molar-refractivity contribution in [1.82, 2.24) is 5.32 Å². The number of hydrogen-bond donors (Lipinski definition) is 3. The Morgan fingerprint density at radius 2 is 1.78 bits per heavy atom. The van der Waals surface area contributed by atoms with Crippen molar-refractivity contribution in [2.75, 3.05) is 19.8 Å². The van der Waals surface area contributed by atoms with Crippen molar-refractivity contribution < 1.29 is 15.0 Å². The molecule has 4 heteroatoms. The van der Waals surface area contributed by atoms with Crippen LogP contribution in [0.5, 0.6) is 0 Å². The van der Waals surface area contributed by atoms with Gasteiger partial charge in [0.1, 0.15) is 0 Å². The Bertz CT molecular complexity index is 213. The van der Waals surface area contributed by atoms with E-state index in [-0.39, 0.29) is 25.0 Å². The topological polar surface area (TPSA) is 69.6 Å². The van der Waals surface area contributed by atoms with Crippen LogP contribution in [0.3, 0.4) is 0 Å². The number of nitrogens with one attached hydrogen (secondary N) is 1. The van der Waals surface area contributed by atoms with Crippen LogP contribution in [0.4, 0.5) is 0 Å². The van der Waals surface area contributed by atoms with Crippen molar-refractivity contribution in [2.24, 2.45) is 5.92 Å². The van der Waals surface area contributed by atoms with Crippen LogP contribution in [0.1, 0.15) is 44.9 Å². The largest absolute Gasteiger partial charge is 0.396 e. The maximum Gasteiger partial charge on any atom is 0.226 e. The van der Waals surface area contributed by atoms with Crippen molar-refractivity contribution in [3.63, 3.8) is 0 Å². The van der Waals surface area contributed by atoms with Crippen molar-refractivity contribution in [1.29, 1.82) is 0 Å². The maximum atomic E-state index is 11.1. The highest BCUT2D eigenvalue weighted by molar-refractivity contribution is 5.80. The highest BCUT2D eigenvalue weighted by Crippen LogP contribution is 2.12. The third kappa shape index (κ3) is 9.19. The van der Waals surface area contributed by atoms with Gasteiger partial charge in [0, 0.05) is 19.8 Å². The zero-order valence-electron chi connectivity index (χ0n) is 11.2. The van der Waals surface area contributed by atoms with Gasteiger partial charge in [0.15, 0.2) is 0 Å². The first kappa shape index (κ1) is 17.1. The van der Waals surface area contributed by atoms with Gasteiger partial charge in [0.2, 0.25) is 5.91 Å². The molecule has 0 spiro atoms. The summed E-state index contributed by atoms with van der Waals surface area (Å²) >= 11 is 0. The maximum absolute atomic E-state index is 11.1. The van der Waals surface area contributed by atoms with E-state index >= 15 is 0 Å². The Labute approximate surface area is 110 Å². The summed E-state index contributed by atoms with van der Waals surface area (Å²) in [6.07, 6.45) is 8.77. The normalized spacial score (nSPS) is 19.2. The molecule has 1 rings (SSSR count). The Hall–Kier alpha value is -0.870. The Balaban J connectivity index is 0.000000331. The van der Waals surface area contributed by atoms with E-state index in [1.165, 1.54) is 0 Å². The minimum atomic E-state index is 0.0579. The number of carbonyl (C=O) groups is 1. The molecule has 1 fully saturated rings. The highest BCUT2D eigenvalue weighted by Gasteiger charge is 2.16. The van der Waals surface area contributed by atoms with Crippen LogP contribution in [-0.2, 0) is 4.79 Å². The summed E-state index contributed by atoms with van der Waals surface area (Å²) in [5, 5.41) is 19.4. The molecule has 0 aliphatic carbocycles. The number of hydrogen-bond acceptors (Lipinski definition) is 3. The van der Waals surface area contributed by atoms with Gasteiger partial charge in [-0.15, -0.1) is 6.58 Å². The summed E-state index contributed by atoms with van der Waals surface area (Å²) < 4.78 is 0. The molecule has 0 aromatic carbocycles. The van der Waals surface area contributed by atoms with Crippen LogP contribution in [0.25, 0.3) is 0 Å². The Morgan fingerprint density at radius 3 is 2.28 bits per heavy atom. The standard InChI is InChI=1S/C8H13NO.C6H14O2/c1-2-7-5-3-4-6-9-8(7)10;7-5-3-1-2-4-6-8/h2,7H,1,3-6H2,(H,9,10);7-8H,1-6H2. The van der Waals surface area contributed by atoms with Gasteiger partial charge >= 0.3 is 0 Å². The smallest absolute Gasteiger partial charge is 0.226 e. The molecule has 0 radical (unpaired) electrons. The van der Waals surface area contributed by atoms with Crippen LogP contribution in [-0.4, -0.2) is 35.9 Å².